The predicted molar refractivity (Wildman–Crippen MR) is 98.9 cm³/mol. The van der Waals surface area contributed by atoms with E-state index in [2.05, 4.69) is 29.0 Å². The minimum Gasteiger partial charge on any atom is -0.342 e. The van der Waals surface area contributed by atoms with Gasteiger partial charge in [0.05, 0.1) is 5.75 Å². The summed E-state index contributed by atoms with van der Waals surface area (Å²) in [6, 6.07) is 9.87. The summed E-state index contributed by atoms with van der Waals surface area (Å²) in [5.41, 5.74) is 0.996. The van der Waals surface area contributed by atoms with Gasteiger partial charge in [0.2, 0.25) is 11.1 Å². The van der Waals surface area contributed by atoms with Gasteiger partial charge in [0.1, 0.15) is 0 Å². The molecule has 0 bridgehead atoms. The van der Waals surface area contributed by atoms with E-state index in [0.29, 0.717) is 10.9 Å². The fourth-order valence-electron chi connectivity index (χ4n) is 2.31. The van der Waals surface area contributed by atoms with Crippen LogP contribution >= 0.6 is 11.8 Å². The van der Waals surface area contributed by atoms with Crippen molar-refractivity contribution in [1.82, 2.24) is 20.1 Å². The van der Waals surface area contributed by atoms with E-state index >= 15 is 0 Å². The number of H-pyrrole nitrogens is 1. The van der Waals surface area contributed by atoms with Crippen LogP contribution in [0, 0.1) is 0 Å². The number of aromatic nitrogens is 3. The zero-order valence-corrected chi connectivity index (χ0v) is 15.3. The number of nitrogens with one attached hydrogen (secondary N) is 1. The van der Waals surface area contributed by atoms with Gasteiger partial charge < -0.3 is 4.90 Å². The Morgan fingerprint density at radius 3 is 2.42 bits per heavy atom. The van der Waals surface area contributed by atoms with Gasteiger partial charge >= 0.3 is 0 Å². The first-order valence-corrected chi connectivity index (χ1v) is 9.61. The second-order valence-corrected chi connectivity index (χ2v) is 6.65. The van der Waals surface area contributed by atoms with E-state index in [1.807, 2.05) is 35.2 Å². The van der Waals surface area contributed by atoms with Gasteiger partial charge in [-0.15, -0.1) is 5.10 Å². The highest BCUT2D eigenvalue weighted by Crippen LogP contribution is 2.19. The minimum atomic E-state index is 0.174. The first-order chi connectivity index (χ1) is 11.7. The lowest BCUT2D eigenvalue weighted by Gasteiger charge is -2.22. The molecular weight excluding hydrogens is 320 g/mol. The number of nitrogens with zero attached hydrogens (tertiary/aromatic N) is 3. The maximum absolute atomic E-state index is 12.4. The van der Waals surface area contributed by atoms with Crippen LogP contribution in [-0.2, 0) is 4.79 Å². The van der Waals surface area contributed by atoms with E-state index in [4.69, 9.17) is 0 Å². The average molecular weight is 346 g/mol. The Hall–Kier alpha value is -1.82. The second-order valence-electron chi connectivity index (χ2n) is 5.71. The fourth-order valence-corrected chi connectivity index (χ4v) is 3.01. The molecule has 5 nitrogen and oxygen atoms in total. The van der Waals surface area contributed by atoms with Crippen LogP contribution in [0.5, 0.6) is 0 Å². The first-order valence-electron chi connectivity index (χ1n) is 8.63. The molecule has 0 unspecified atom stereocenters. The fraction of sp³-hybridized carbons (Fsp3) is 0.500. The Labute approximate surface area is 148 Å². The highest BCUT2D eigenvalue weighted by Gasteiger charge is 2.14. The Bertz CT molecular complexity index is 606. The van der Waals surface area contributed by atoms with E-state index in [1.54, 1.807) is 0 Å². The van der Waals surface area contributed by atoms with Crippen LogP contribution < -0.4 is 0 Å². The average Bonchev–Trinajstić information content (AvgIpc) is 3.09. The summed E-state index contributed by atoms with van der Waals surface area (Å²) in [7, 11) is 0. The molecule has 1 N–H and O–H groups in total. The number of aromatic amines is 1. The third-order valence-corrected chi connectivity index (χ3v) is 4.58. The monoisotopic (exact) mass is 346 g/mol. The van der Waals surface area contributed by atoms with Crippen LogP contribution in [0.4, 0.5) is 0 Å². The molecule has 0 aliphatic rings. The van der Waals surface area contributed by atoms with Gasteiger partial charge in [-0.3, -0.25) is 9.89 Å². The van der Waals surface area contributed by atoms with Crippen molar-refractivity contribution in [2.75, 3.05) is 18.8 Å². The van der Waals surface area contributed by atoms with Gasteiger partial charge in [0.25, 0.3) is 0 Å². The smallest absolute Gasteiger partial charge is 0.233 e. The molecule has 1 aromatic carbocycles. The molecule has 1 aromatic heterocycles. The van der Waals surface area contributed by atoms with E-state index in [9.17, 15) is 4.79 Å². The van der Waals surface area contributed by atoms with Crippen LogP contribution in [0.25, 0.3) is 11.4 Å². The van der Waals surface area contributed by atoms with Crippen molar-refractivity contribution in [2.45, 2.75) is 44.7 Å². The summed E-state index contributed by atoms with van der Waals surface area (Å²) in [5.74, 6) is 1.30. The number of thioether (sulfide) groups is 1. The summed E-state index contributed by atoms with van der Waals surface area (Å²) in [6.45, 7) is 5.99. The van der Waals surface area contributed by atoms with E-state index < -0.39 is 0 Å². The molecule has 0 aliphatic carbocycles. The lowest BCUT2D eigenvalue weighted by Crippen LogP contribution is -2.34. The lowest BCUT2D eigenvalue weighted by molar-refractivity contribution is -0.128. The predicted octanol–water partition coefficient (Wildman–Crippen LogP) is 3.99. The van der Waals surface area contributed by atoms with Gasteiger partial charge in [-0.25, -0.2) is 4.98 Å². The summed E-state index contributed by atoms with van der Waals surface area (Å²) < 4.78 is 0. The summed E-state index contributed by atoms with van der Waals surface area (Å²) in [4.78, 5) is 18.9. The molecule has 2 rings (SSSR count). The number of benzene rings is 1. The summed E-state index contributed by atoms with van der Waals surface area (Å²) in [5, 5.41) is 7.76. The largest absolute Gasteiger partial charge is 0.342 e. The van der Waals surface area contributed by atoms with E-state index in [1.165, 1.54) is 11.8 Å². The number of rotatable bonds is 10. The second kappa shape index (κ2) is 10.1. The molecule has 0 aliphatic heterocycles. The Morgan fingerprint density at radius 1 is 1.12 bits per heavy atom. The van der Waals surface area contributed by atoms with Gasteiger partial charge in [-0.05, 0) is 12.8 Å². The molecule has 1 amide bonds. The SMILES string of the molecule is CCCCN(CCCC)C(=O)CSc1n[nH]c(-c2ccccc2)n1. The van der Waals surface area contributed by atoms with Crippen LogP contribution in [0.15, 0.2) is 35.5 Å². The maximum Gasteiger partial charge on any atom is 0.233 e. The minimum absolute atomic E-state index is 0.174. The number of hydrogen-bond donors (Lipinski definition) is 1. The summed E-state index contributed by atoms with van der Waals surface area (Å²) >= 11 is 1.39. The number of carbonyl (C=O) groups excluding carboxylic acids is 1. The van der Waals surface area contributed by atoms with Crippen molar-refractivity contribution in [2.24, 2.45) is 0 Å². The molecule has 6 heteroatoms. The normalized spacial score (nSPS) is 10.8. The Kier molecular flexibility index (Phi) is 7.82. The molecule has 24 heavy (non-hydrogen) atoms. The zero-order valence-electron chi connectivity index (χ0n) is 14.5. The van der Waals surface area contributed by atoms with Crippen molar-refractivity contribution in [3.63, 3.8) is 0 Å². The molecule has 0 fully saturated rings. The van der Waals surface area contributed by atoms with Crippen molar-refractivity contribution in [3.8, 4) is 11.4 Å². The molecule has 2 aromatic rings. The van der Waals surface area contributed by atoms with Crippen molar-refractivity contribution in [3.05, 3.63) is 30.3 Å². The molecule has 0 atom stereocenters. The van der Waals surface area contributed by atoms with E-state index in [-0.39, 0.29) is 5.91 Å². The first kappa shape index (κ1) is 18.5. The Balaban J connectivity index is 1.89. The van der Waals surface area contributed by atoms with Crippen molar-refractivity contribution >= 4 is 17.7 Å². The van der Waals surface area contributed by atoms with Crippen LogP contribution in [-0.4, -0.2) is 44.8 Å². The molecule has 0 saturated carbocycles. The molecule has 130 valence electrons. The van der Waals surface area contributed by atoms with Crippen molar-refractivity contribution < 1.29 is 4.79 Å². The van der Waals surface area contributed by atoms with Gasteiger partial charge in [-0.1, -0.05) is 68.8 Å². The maximum atomic E-state index is 12.4. The zero-order chi connectivity index (χ0) is 17.2. The third-order valence-electron chi connectivity index (χ3n) is 3.75. The molecular formula is C18H26N4OS. The highest BCUT2D eigenvalue weighted by molar-refractivity contribution is 7.99. The topological polar surface area (TPSA) is 61.9 Å². The lowest BCUT2D eigenvalue weighted by atomic mass is 10.2. The molecule has 1 heterocycles. The molecule has 0 spiro atoms. The molecule has 0 radical (unpaired) electrons. The standard InChI is InChI=1S/C18H26N4OS/c1-3-5-12-22(13-6-4-2)16(23)14-24-18-19-17(20-21-18)15-10-8-7-9-11-15/h7-11H,3-6,12-14H2,1-2H3,(H,19,20,21). The van der Waals surface area contributed by atoms with Gasteiger partial charge in [0, 0.05) is 18.7 Å². The van der Waals surface area contributed by atoms with E-state index in [0.717, 1.165) is 50.2 Å². The number of amides is 1. The number of unbranched alkanes of at least 4 members (excludes halogenated alkanes) is 2. The van der Waals surface area contributed by atoms with Crippen LogP contribution in [0.1, 0.15) is 39.5 Å². The van der Waals surface area contributed by atoms with Gasteiger partial charge in [0.15, 0.2) is 5.82 Å². The number of hydrogen-bond acceptors (Lipinski definition) is 4. The quantitative estimate of drug-likeness (QED) is 0.661. The summed E-state index contributed by atoms with van der Waals surface area (Å²) in [6.07, 6.45) is 4.31. The van der Waals surface area contributed by atoms with Crippen LogP contribution in [0.3, 0.4) is 0 Å². The third kappa shape index (κ3) is 5.67. The van der Waals surface area contributed by atoms with Crippen molar-refractivity contribution in [1.29, 1.82) is 0 Å². The highest BCUT2D eigenvalue weighted by atomic mass is 32.2. The van der Waals surface area contributed by atoms with Gasteiger partial charge in [-0.2, -0.15) is 0 Å². The number of carbonyl (C=O) groups is 1. The Morgan fingerprint density at radius 2 is 1.79 bits per heavy atom. The van der Waals surface area contributed by atoms with Crippen LogP contribution in [0.2, 0.25) is 0 Å². The molecule has 0 saturated heterocycles.